The highest BCUT2D eigenvalue weighted by Gasteiger charge is 2.20. The third-order valence-electron chi connectivity index (χ3n) is 3.81. The topological polar surface area (TPSA) is 72.1 Å². The molecule has 1 fully saturated rings. The van der Waals surface area contributed by atoms with Crippen LogP contribution in [0.2, 0.25) is 0 Å². The lowest BCUT2D eigenvalue weighted by molar-refractivity contribution is -0.0261. The minimum atomic E-state index is 0.106. The van der Waals surface area contributed by atoms with E-state index in [1.807, 2.05) is 38.1 Å². The molecule has 2 rings (SSSR count). The molecule has 0 saturated carbocycles. The van der Waals surface area contributed by atoms with Crippen molar-refractivity contribution >= 4 is 11.6 Å². The molecule has 0 radical (unpaired) electrons. The number of rotatable bonds is 7. The zero-order valence-corrected chi connectivity index (χ0v) is 15.9. The van der Waals surface area contributed by atoms with Gasteiger partial charge in [-0.05, 0) is 44.0 Å². The molecular weight excluding hydrogens is 316 g/mol. The van der Waals surface area contributed by atoms with Crippen molar-refractivity contribution in [2.45, 2.75) is 39.9 Å². The first kappa shape index (κ1) is 19.5. The summed E-state index contributed by atoms with van der Waals surface area (Å²) in [5, 5.41) is 3.11. The summed E-state index contributed by atoms with van der Waals surface area (Å²) in [5.74, 6) is 1.91. The van der Waals surface area contributed by atoms with Gasteiger partial charge in [0.2, 0.25) is 0 Å². The molecule has 1 aromatic rings. The van der Waals surface area contributed by atoms with Crippen molar-refractivity contribution < 1.29 is 9.47 Å². The van der Waals surface area contributed by atoms with Crippen LogP contribution in [0.15, 0.2) is 29.3 Å². The largest absolute Gasteiger partial charge is 0.491 e. The van der Waals surface area contributed by atoms with Gasteiger partial charge in [0.05, 0.1) is 25.4 Å². The Hall–Kier alpha value is -1.79. The molecule has 1 atom stereocenters. The number of aliphatic imine (C=N–C) groups is 1. The zero-order chi connectivity index (χ0) is 18.2. The Balaban J connectivity index is 1.80. The summed E-state index contributed by atoms with van der Waals surface area (Å²) in [4.78, 5) is 6.86. The molecule has 0 amide bonds. The molecular formula is C19H32N4O2. The molecule has 0 spiro atoms. The molecule has 1 aromatic carbocycles. The molecule has 0 aromatic heterocycles. The van der Waals surface area contributed by atoms with Gasteiger partial charge in [-0.2, -0.15) is 0 Å². The summed E-state index contributed by atoms with van der Waals surface area (Å²) in [6.45, 7) is 12.8. The molecule has 1 aliphatic rings. The summed E-state index contributed by atoms with van der Waals surface area (Å²) in [7, 11) is 0. The Morgan fingerprint density at radius 1 is 1.32 bits per heavy atom. The van der Waals surface area contributed by atoms with Gasteiger partial charge >= 0.3 is 0 Å². The van der Waals surface area contributed by atoms with E-state index in [9.17, 15) is 0 Å². The van der Waals surface area contributed by atoms with Crippen LogP contribution in [0.25, 0.3) is 0 Å². The van der Waals surface area contributed by atoms with E-state index in [1.54, 1.807) is 0 Å². The summed E-state index contributed by atoms with van der Waals surface area (Å²) >= 11 is 0. The van der Waals surface area contributed by atoms with E-state index in [4.69, 9.17) is 15.2 Å². The van der Waals surface area contributed by atoms with Crippen molar-refractivity contribution in [2.24, 2.45) is 16.6 Å². The van der Waals surface area contributed by atoms with Crippen molar-refractivity contribution in [3.05, 3.63) is 24.3 Å². The molecule has 1 saturated heterocycles. The number of nitrogens with zero attached hydrogens (tertiary/aromatic N) is 2. The van der Waals surface area contributed by atoms with Crippen LogP contribution < -0.4 is 15.8 Å². The number of hydrogen-bond donors (Lipinski definition) is 2. The lowest BCUT2D eigenvalue weighted by Gasteiger charge is -2.33. The third kappa shape index (κ3) is 7.32. The van der Waals surface area contributed by atoms with Crippen molar-refractivity contribution in [3.63, 3.8) is 0 Å². The predicted molar refractivity (Wildman–Crippen MR) is 103 cm³/mol. The van der Waals surface area contributed by atoms with Crippen LogP contribution in [0, 0.1) is 5.92 Å². The van der Waals surface area contributed by atoms with Crippen molar-refractivity contribution in [1.29, 1.82) is 0 Å². The van der Waals surface area contributed by atoms with Gasteiger partial charge in [-0.15, -0.1) is 0 Å². The quantitative estimate of drug-likeness (QED) is 0.585. The Bertz CT molecular complexity index is 543. The van der Waals surface area contributed by atoms with Crippen LogP contribution in [0.4, 0.5) is 5.69 Å². The average molecular weight is 348 g/mol. The van der Waals surface area contributed by atoms with E-state index in [-0.39, 0.29) is 12.2 Å². The van der Waals surface area contributed by atoms with Gasteiger partial charge < -0.3 is 20.5 Å². The minimum absolute atomic E-state index is 0.106. The standard InChI is InChI=1S/C19H32N4O2/c1-14(2)12-23-9-10-24-18(13-23)11-21-19(20)22-16-5-7-17(8-6-16)25-15(3)4/h5-8,14-15,18H,9-13H2,1-4H3,(H3,20,21,22). The molecule has 0 bridgehead atoms. The van der Waals surface area contributed by atoms with Crippen LogP contribution in [0.1, 0.15) is 27.7 Å². The van der Waals surface area contributed by atoms with Crippen LogP contribution in [-0.4, -0.2) is 55.9 Å². The summed E-state index contributed by atoms with van der Waals surface area (Å²) in [5.41, 5.74) is 6.89. The molecule has 25 heavy (non-hydrogen) atoms. The number of anilines is 1. The minimum Gasteiger partial charge on any atom is -0.491 e. The monoisotopic (exact) mass is 348 g/mol. The number of nitrogens with one attached hydrogen (secondary N) is 1. The molecule has 140 valence electrons. The fraction of sp³-hybridized carbons (Fsp3) is 0.632. The Morgan fingerprint density at radius 2 is 2.04 bits per heavy atom. The number of guanidine groups is 1. The lowest BCUT2D eigenvalue weighted by Crippen LogP contribution is -2.45. The Labute approximate surface area is 151 Å². The van der Waals surface area contributed by atoms with Crippen LogP contribution in [0.3, 0.4) is 0 Å². The first-order valence-corrected chi connectivity index (χ1v) is 9.10. The number of benzene rings is 1. The summed E-state index contributed by atoms with van der Waals surface area (Å²) in [6, 6.07) is 7.70. The Kier molecular flexibility index (Phi) is 7.52. The first-order valence-electron chi connectivity index (χ1n) is 9.10. The van der Waals surface area contributed by atoms with Crippen LogP contribution >= 0.6 is 0 Å². The highest BCUT2D eigenvalue weighted by atomic mass is 16.5. The fourth-order valence-corrected chi connectivity index (χ4v) is 2.85. The van der Waals surface area contributed by atoms with Crippen LogP contribution in [-0.2, 0) is 4.74 Å². The van der Waals surface area contributed by atoms with Gasteiger partial charge in [-0.1, -0.05) is 13.8 Å². The molecule has 1 unspecified atom stereocenters. The molecule has 1 heterocycles. The van der Waals surface area contributed by atoms with E-state index in [1.165, 1.54) is 0 Å². The number of nitrogens with two attached hydrogens (primary N) is 1. The summed E-state index contributed by atoms with van der Waals surface area (Å²) in [6.07, 6.45) is 0.269. The fourth-order valence-electron chi connectivity index (χ4n) is 2.85. The third-order valence-corrected chi connectivity index (χ3v) is 3.81. The second kappa shape index (κ2) is 9.63. The van der Waals surface area contributed by atoms with E-state index in [2.05, 4.69) is 29.1 Å². The lowest BCUT2D eigenvalue weighted by atomic mass is 10.2. The maximum Gasteiger partial charge on any atom is 0.193 e. The van der Waals surface area contributed by atoms with Gasteiger partial charge in [0.15, 0.2) is 5.96 Å². The molecule has 1 aliphatic heterocycles. The van der Waals surface area contributed by atoms with Gasteiger partial charge in [0, 0.05) is 25.3 Å². The second-order valence-electron chi connectivity index (χ2n) is 7.19. The SMILES string of the molecule is CC(C)CN1CCOC(CN=C(N)Nc2ccc(OC(C)C)cc2)C1. The Morgan fingerprint density at radius 3 is 2.68 bits per heavy atom. The molecule has 6 nitrogen and oxygen atoms in total. The van der Waals surface area contributed by atoms with Gasteiger partial charge in [-0.25, -0.2) is 0 Å². The van der Waals surface area contributed by atoms with Gasteiger partial charge in [0.1, 0.15) is 5.75 Å². The van der Waals surface area contributed by atoms with E-state index >= 15 is 0 Å². The molecule has 6 heteroatoms. The van der Waals surface area contributed by atoms with E-state index in [0.717, 1.165) is 37.7 Å². The normalized spacial score (nSPS) is 19.4. The second-order valence-corrected chi connectivity index (χ2v) is 7.19. The predicted octanol–water partition coefficient (Wildman–Crippen LogP) is 2.56. The van der Waals surface area contributed by atoms with Gasteiger partial charge in [-0.3, -0.25) is 9.89 Å². The summed E-state index contributed by atoms with van der Waals surface area (Å²) < 4.78 is 11.4. The smallest absolute Gasteiger partial charge is 0.193 e. The number of hydrogen-bond acceptors (Lipinski definition) is 4. The first-order chi connectivity index (χ1) is 11.9. The average Bonchev–Trinajstić information content (AvgIpc) is 2.54. The number of ether oxygens (including phenoxy) is 2. The highest BCUT2D eigenvalue weighted by molar-refractivity contribution is 5.92. The molecule has 0 aliphatic carbocycles. The van der Waals surface area contributed by atoms with Crippen molar-refractivity contribution in [1.82, 2.24) is 4.90 Å². The maximum absolute atomic E-state index is 6.00. The highest BCUT2D eigenvalue weighted by Crippen LogP contribution is 2.16. The van der Waals surface area contributed by atoms with Crippen molar-refractivity contribution in [3.8, 4) is 5.75 Å². The molecule has 3 N–H and O–H groups in total. The maximum atomic E-state index is 6.00. The van der Waals surface area contributed by atoms with Crippen LogP contribution in [0.5, 0.6) is 5.75 Å². The van der Waals surface area contributed by atoms with E-state index in [0.29, 0.717) is 18.4 Å². The number of morpholine rings is 1. The van der Waals surface area contributed by atoms with Crippen molar-refractivity contribution in [2.75, 3.05) is 38.1 Å². The van der Waals surface area contributed by atoms with E-state index < -0.39 is 0 Å². The van der Waals surface area contributed by atoms with Gasteiger partial charge in [0.25, 0.3) is 0 Å². The zero-order valence-electron chi connectivity index (χ0n) is 15.9.